The van der Waals surface area contributed by atoms with Gasteiger partial charge >= 0.3 is 6.18 Å². The van der Waals surface area contributed by atoms with Crippen molar-refractivity contribution in [3.8, 4) is 0 Å². The van der Waals surface area contributed by atoms with Gasteiger partial charge in [-0.2, -0.15) is 13.2 Å². The number of aliphatic imine (C=N–C) groups is 1. The summed E-state index contributed by atoms with van der Waals surface area (Å²) in [6.45, 7) is 4.13. The fourth-order valence-corrected chi connectivity index (χ4v) is 3.42. The molecule has 2 aliphatic rings. The van der Waals surface area contributed by atoms with E-state index in [1.54, 1.807) is 7.05 Å². The van der Waals surface area contributed by atoms with Crippen molar-refractivity contribution < 1.29 is 13.2 Å². The standard InChI is InChI=1S/C17H26F3N7/c1-11-9-12(10-27(11)13-3-4-13)25-15(21-2)23-7-8-24-16-22-6-5-14(26-16)17(18,19)20/h5-6,11-13H,3-4,7-10H2,1-2H3,(H2,21,23,25)(H,22,24,26). The van der Waals surface area contributed by atoms with Crippen LogP contribution in [0.2, 0.25) is 0 Å². The number of anilines is 1. The molecule has 7 nitrogen and oxygen atoms in total. The van der Waals surface area contributed by atoms with Crippen LogP contribution in [0.3, 0.4) is 0 Å². The highest BCUT2D eigenvalue weighted by molar-refractivity contribution is 5.80. The minimum atomic E-state index is -4.48. The summed E-state index contributed by atoms with van der Waals surface area (Å²) in [4.78, 5) is 14.1. The Balaban J connectivity index is 1.40. The molecule has 3 rings (SSSR count). The van der Waals surface area contributed by atoms with Gasteiger partial charge in [0.15, 0.2) is 5.96 Å². The average molecular weight is 385 g/mol. The van der Waals surface area contributed by atoms with Gasteiger partial charge in [0.1, 0.15) is 5.69 Å². The van der Waals surface area contributed by atoms with E-state index in [9.17, 15) is 13.2 Å². The van der Waals surface area contributed by atoms with E-state index >= 15 is 0 Å². The minimum Gasteiger partial charge on any atom is -0.355 e. The molecule has 0 amide bonds. The maximum absolute atomic E-state index is 12.7. The van der Waals surface area contributed by atoms with Gasteiger partial charge in [-0.1, -0.05) is 0 Å². The van der Waals surface area contributed by atoms with Gasteiger partial charge < -0.3 is 16.0 Å². The summed E-state index contributed by atoms with van der Waals surface area (Å²) >= 11 is 0. The molecule has 2 unspecified atom stereocenters. The first-order valence-corrected chi connectivity index (χ1v) is 9.24. The highest BCUT2D eigenvalue weighted by Crippen LogP contribution is 2.33. The molecule has 1 aromatic rings. The predicted molar refractivity (Wildman–Crippen MR) is 97.6 cm³/mol. The van der Waals surface area contributed by atoms with Crippen LogP contribution in [0.4, 0.5) is 19.1 Å². The van der Waals surface area contributed by atoms with Gasteiger partial charge in [-0.15, -0.1) is 0 Å². The quantitative estimate of drug-likeness (QED) is 0.393. The fraction of sp³-hybridized carbons (Fsp3) is 0.706. The molecule has 150 valence electrons. The van der Waals surface area contributed by atoms with Gasteiger partial charge in [0, 0.05) is 51.0 Å². The smallest absolute Gasteiger partial charge is 0.355 e. The van der Waals surface area contributed by atoms with Gasteiger partial charge in [-0.25, -0.2) is 9.97 Å². The molecule has 10 heteroatoms. The normalized spacial score (nSPS) is 24.1. The monoisotopic (exact) mass is 385 g/mol. The molecule has 0 aromatic carbocycles. The SMILES string of the molecule is CN=C(NCCNc1nccc(C(F)(F)F)n1)NC1CC(C)N(C2CC2)C1. The molecule has 0 spiro atoms. The van der Waals surface area contributed by atoms with Crippen LogP contribution in [0.5, 0.6) is 0 Å². The van der Waals surface area contributed by atoms with Crippen molar-refractivity contribution in [2.75, 3.05) is 32.0 Å². The van der Waals surface area contributed by atoms with Crippen LogP contribution >= 0.6 is 0 Å². The van der Waals surface area contributed by atoms with Crippen LogP contribution in [-0.4, -0.2) is 65.6 Å². The largest absolute Gasteiger partial charge is 0.433 e. The summed E-state index contributed by atoms with van der Waals surface area (Å²) < 4.78 is 38.0. The van der Waals surface area contributed by atoms with Crippen molar-refractivity contribution >= 4 is 11.9 Å². The van der Waals surface area contributed by atoms with Crippen molar-refractivity contribution in [2.45, 2.75) is 50.5 Å². The molecule has 27 heavy (non-hydrogen) atoms. The number of alkyl halides is 3. The fourth-order valence-electron chi connectivity index (χ4n) is 3.42. The van der Waals surface area contributed by atoms with Crippen LogP contribution < -0.4 is 16.0 Å². The summed E-state index contributed by atoms with van der Waals surface area (Å²) in [6, 6.07) is 2.53. The molecule has 3 N–H and O–H groups in total. The second-order valence-corrected chi connectivity index (χ2v) is 7.04. The van der Waals surface area contributed by atoms with Crippen LogP contribution in [0, 0.1) is 0 Å². The lowest BCUT2D eigenvalue weighted by atomic mass is 10.2. The zero-order valence-corrected chi connectivity index (χ0v) is 15.6. The number of rotatable bonds is 6. The minimum absolute atomic E-state index is 0.0423. The number of hydrogen-bond acceptors (Lipinski definition) is 5. The van der Waals surface area contributed by atoms with E-state index in [0.717, 1.165) is 31.3 Å². The number of hydrogen-bond donors (Lipinski definition) is 3. The van der Waals surface area contributed by atoms with Gasteiger partial charge in [0.05, 0.1) is 0 Å². The van der Waals surface area contributed by atoms with Gasteiger partial charge in [-0.05, 0) is 32.3 Å². The third-order valence-corrected chi connectivity index (χ3v) is 4.85. The highest BCUT2D eigenvalue weighted by atomic mass is 19.4. The van der Waals surface area contributed by atoms with E-state index in [1.165, 1.54) is 12.8 Å². The van der Waals surface area contributed by atoms with Crippen molar-refractivity contribution in [1.82, 2.24) is 25.5 Å². The Morgan fingerprint density at radius 3 is 2.78 bits per heavy atom. The van der Waals surface area contributed by atoms with Gasteiger partial charge in [0.25, 0.3) is 0 Å². The first-order valence-electron chi connectivity index (χ1n) is 9.24. The third-order valence-electron chi connectivity index (χ3n) is 4.85. The molecular formula is C17H26F3N7. The lowest BCUT2D eigenvalue weighted by Crippen LogP contribution is -2.45. The molecule has 2 atom stereocenters. The number of aromatic nitrogens is 2. The molecule has 0 radical (unpaired) electrons. The maximum Gasteiger partial charge on any atom is 0.433 e. The van der Waals surface area contributed by atoms with E-state index in [0.29, 0.717) is 31.1 Å². The average Bonchev–Trinajstić information content (AvgIpc) is 3.40. The third kappa shape index (κ3) is 5.44. The Labute approximate surface area is 156 Å². The second kappa shape index (κ2) is 8.28. The maximum atomic E-state index is 12.7. The summed E-state index contributed by atoms with van der Waals surface area (Å²) in [7, 11) is 1.70. The van der Waals surface area contributed by atoms with Crippen LogP contribution in [-0.2, 0) is 6.18 Å². The summed E-state index contributed by atoms with van der Waals surface area (Å²) in [6.07, 6.45) is 0.295. The first kappa shape index (κ1) is 19.7. The van der Waals surface area contributed by atoms with E-state index in [-0.39, 0.29) is 5.95 Å². The molecule has 1 aliphatic heterocycles. The Morgan fingerprint density at radius 2 is 2.11 bits per heavy atom. The van der Waals surface area contributed by atoms with Crippen LogP contribution in [0.15, 0.2) is 17.3 Å². The summed E-state index contributed by atoms with van der Waals surface area (Å²) in [5, 5.41) is 9.38. The molecule has 1 saturated heterocycles. The molecule has 2 fully saturated rings. The van der Waals surface area contributed by atoms with E-state index in [4.69, 9.17) is 0 Å². The number of likely N-dealkylation sites (tertiary alicyclic amines) is 1. The van der Waals surface area contributed by atoms with E-state index < -0.39 is 11.9 Å². The van der Waals surface area contributed by atoms with Crippen molar-refractivity contribution in [2.24, 2.45) is 4.99 Å². The Morgan fingerprint density at radius 1 is 1.33 bits per heavy atom. The summed E-state index contributed by atoms with van der Waals surface area (Å²) in [5.74, 6) is 0.649. The predicted octanol–water partition coefficient (Wildman–Crippen LogP) is 1.70. The molecule has 1 saturated carbocycles. The van der Waals surface area contributed by atoms with Gasteiger partial charge in [-0.3, -0.25) is 9.89 Å². The molecule has 0 bridgehead atoms. The first-order chi connectivity index (χ1) is 12.9. The van der Waals surface area contributed by atoms with Crippen LogP contribution in [0.1, 0.15) is 31.9 Å². The van der Waals surface area contributed by atoms with Crippen molar-refractivity contribution in [1.29, 1.82) is 0 Å². The molecular weight excluding hydrogens is 359 g/mol. The number of nitrogens with zero attached hydrogens (tertiary/aromatic N) is 4. The zero-order chi connectivity index (χ0) is 19.4. The molecule has 1 aliphatic carbocycles. The van der Waals surface area contributed by atoms with Gasteiger partial charge in [0.2, 0.25) is 5.95 Å². The van der Waals surface area contributed by atoms with E-state index in [1.807, 2.05) is 0 Å². The lowest BCUT2D eigenvalue weighted by molar-refractivity contribution is -0.141. The van der Waals surface area contributed by atoms with Crippen LogP contribution in [0.25, 0.3) is 0 Å². The number of nitrogens with one attached hydrogen (secondary N) is 3. The topological polar surface area (TPSA) is 77.5 Å². The molecule has 2 heterocycles. The number of guanidine groups is 1. The zero-order valence-electron chi connectivity index (χ0n) is 15.6. The highest BCUT2D eigenvalue weighted by Gasteiger charge is 2.38. The second-order valence-electron chi connectivity index (χ2n) is 7.04. The number of halogens is 3. The Bertz CT molecular complexity index is 660. The Kier molecular flexibility index (Phi) is 6.03. The molecule has 1 aromatic heterocycles. The van der Waals surface area contributed by atoms with Crippen molar-refractivity contribution in [3.63, 3.8) is 0 Å². The van der Waals surface area contributed by atoms with Crippen molar-refractivity contribution in [3.05, 3.63) is 18.0 Å². The lowest BCUT2D eigenvalue weighted by Gasteiger charge is -2.20. The van der Waals surface area contributed by atoms with E-state index in [2.05, 4.69) is 42.7 Å². The summed E-state index contributed by atoms with van der Waals surface area (Å²) in [5.41, 5.74) is -0.957. The Hall–Kier alpha value is -2.10.